The molecular weight excluding hydrogens is 501 g/mol. The van der Waals surface area contributed by atoms with Crippen LogP contribution in [0.5, 0.6) is 5.75 Å². The molecule has 2 amide bonds. The predicted molar refractivity (Wildman–Crippen MR) is 132 cm³/mol. The Morgan fingerprint density at radius 1 is 1.15 bits per heavy atom. The predicted octanol–water partition coefficient (Wildman–Crippen LogP) is 6.05. The Morgan fingerprint density at radius 2 is 1.88 bits per heavy atom. The lowest BCUT2D eigenvalue weighted by Gasteiger charge is -2.33. The number of hydrogen-bond acceptors (Lipinski definition) is 6. The summed E-state index contributed by atoms with van der Waals surface area (Å²) in [6, 6.07) is 9.28. The summed E-state index contributed by atoms with van der Waals surface area (Å²) < 4.78 is 4.37. The molecular formula is C23H23Cl2N3O3S2. The van der Waals surface area contributed by atoms with Crippen LogP contribution >= 0.6 is 46.1 Å². The van der Waals surface area contributed by atoms with Crippen molar-refractivity contribution in [3.63, 3.8) is 0 Å². The van der Waals surface area contributed by atoms with Crippen LogP contribution in [-0.4, -0.2) is 32.2 Å². The van der Waals surface area contributed by atoms with E-state index in [0.29, 0.717) is 5.56 Å². The summed E-state index contributed by atoms with van der Waals surface area (Å²) in [7, 11) is 0. The molecule has 6 nitrogen and oxygen atoms in total. The number of rotatable bonds is 7. The highest BCUT2D eigenvalue weighted by molar-refractivity contribution is 7.11. The molecule has 10 heteroatoms. The van der Waals surface area contributed by atoms with Crippen molar-refractivity contribution in [3.8, 4) is 5.75 Å². The molecule has 0 bridgehead atoms. The van der Waals surface area contributed by atoms with Gasteiger partial charge in [0.15, 0.2) is 5.69 Å². The Morgan fingerprint density at radius 3 is 2.48 bits per heavy atom. The number of aromatic hydroxyl groups is 1. The number of thiophene rings is 1. The second-order valence-corrected chi connectivity index (χ2v) is 10.8. The lowest BCUT2D eigenvalue weighted by atomic mass is 9.94. The van der Waals surface area contributed by atoms with Gasteiger partial charge < -0.3 is 15.3 Å². The molecule has 33 heavy (non-hydrogen) atoms. The highest BCUT2D eigenvalue weighted by atomic mass is 35.5. The van der Waals surface area contributed by atoms with E-state index in [2.05, 4.69) is 9.69 Å². The van der Waals surface area contributed by atoms with Crippen LogP contribution in [0.2, 0.25) is 9.36 Å². The molecule has 1 saturated carbocycles. The fourth-order valence-electron chi connectivity index (χ4n) is 4.04. The molecule has 1 aliphatic rings. The van der Waals surface area contributed by atoms with Crippen LogP contribution in [0.4, 0.5) is 0 Å². The van der Waals surface area contributed by atoms with Crippen LogP contribution in [0.25, 0.3) is 0 Å². The van der Waals surface area contributed by atoms with Gasteiger partial charge in [-0.25, -0.2) is 0 Å². The number of phenolic OH excluding ortho intramolecular Hbond substituents is 1. The number of phenols is 1. The van der Waals surface area contributed by atoms with E-state index in [9.17, 15) is 14.7 Å². The topological polar surface area (TPSA) is 82.5 Å². The Hall–Kier alpha value is -2.13. The molecule has 1 aromatic carbocycles. The first-order valence-corrected chi connectivity index (χ1v) is 13.1. The van der Waals surface area contributed by atoms with Crippen LogP contribution in [0, 0.1) is 0 Å². The van der Waals surface area contributed by atoms with Crippen molar-refractivity contribution >= 4 is 57.9 Å². The third kappa shape index (κ3) is 5.69. The number of benzene rings is 1. The number of aromatic nitrogens is 1. The molecule has 0 saturated heterocycles. The van der Waals surface area contributed by atoms with Gasteiger partial charge in [-0.3, -0.25) is 9.59 Å². The molecule has 1 atom stereocenters. The number of carbonyl (C=O) groups is 2. The Kier molecular flexibility index (Phi) is 7.90. The van der Waals surface area contributed by atoms with Crippen molar-refractivity contribution in [3.05, 3.63) is 67.3 Å². The van der Waals surface area contributed by atoms with E-state index in [1.54, 1.807) is 12.1 Å². The summed E-state index contributed by atoms with van der Waals surface area (Å²) in [5, 5.41) is 14.9. The second-order valence-electron chi connectivity index (χ2n) is 7.97. The summed E-state index contributed by atoms with van der Waals surface area (Å²) in [5.74, 6) is -0.668. The zero-order valence-corrected chi connectivity index (χ0v) is 20.8. The number of amides is 2. The van der Waals surface area contributed by atoms with Crippen LogP contribution in [-0.2, 0) is 11.3 Å². The van der Waals surface area contributed by atoms with E-state index in [1.165, 1.54) is 34.8 Å². The van der Waals surface area contributed by atoms with Gasteiger partial charge in [0, 0.05) is 10.9 Å². The minimum atomic E-state index is -0.932. The van der Waals surface area contributed by atoms with Crippen molar-refractivity contribution in [1.82, 2.24) is 14.6 Å². The molecule has 174 valence electrons. The van der Waals surface area contributed by atoms with Gasteiger partial charge in [-0.05, 0) is 53.5 Å². The molecule has 4 rings (SSSR count). The highest BCUT2D eigenvalue weighted by Crippen LogP contribution is 2.34. The average molecular weight is 524 g/mol. The van der Waals surface area contributed by atoms with Crippen LogP contribution in [0.1, 0.15) is 59.1 Å². The summed E-state index contributed by atoms with van der Waals surface area (Å²) in [6.45, 7) is 0.200. The first-order valence-electron chi connectivity index (χ1n) is 10.7. The summed E-state index contributed by atoms with van der Waals surface area (Å²) >= 11 is 14.8. The van der Waals surface area contributed by atoms with Crippen molar-refractivity contribution in [2.24, 2.45) is 0 Å². The standard InChI is InChI=1S/C23H23Cl2N3O3S2/c24-18-19(27-33-21(18)25)23(31)28(13-17-7-4-12-32-17)20(14-8-10-16(29)11-9-14)22(30)26-15-5-2-1-3-6-15/h4,7-12,15,20,29H,1-3,5-6,13H2,(H,26,30)/t20-/m0/s1. The molecule has 0 aliphatic heterocycles. The molecule has 3 aromatic rings. The van der Waals surface area contributed by atoms with Gasteiger partial charge in [0.2, 0.25) is 5.91 Å². The molecule has 0 radical (unpaired) electrons. The maximum Gasteiger partial charge on any atom is 0.276 e. The average Bonchev–Trinajstić information content (AvgIpc) is 3.45. The third-order valence-electron chi connectivity index (χ3n) is 5.69. The minimum Gasteiger partial charge on any atom is -0.508 e. The monoisotopic (exact) mass is 523 g/mol. The van der Waals surface area contributed by atoms with Gasteiger partial charge in [-0.1, -0.05) is 60.7 Å². The largest absolute Gasteiger partial charge is 0.508 e. The number of halogens is 2. The Bertz CT molecular complexity index is 1100. The van der Waals surface area contributed by atoms with Crippen molar-refractivity contribution in [2.45, 2.75) is 50.7 Å². The quantitative estimate of drug-likeness (QED) is 0.394. The minimum absolute atomic E-state index is 0.0254. The fourth-order valence-corrected chi connectivity index (χ4v) is 5.73. The lowest BCUT2D eigenvalue weighted by Crippen LogP contribution is -2.46. The Labute approximate surface area is 210 Å². The molecule has 0 unspecified atom stereocenters. The SMILES string of the molecule is O=C(NC1CCCCC1)[C@H](c1ccc(O)cc1)N(Cc1cccs1)C(=O)c1nsc(Cl)c1Cl. The normalized spacial score (nSPS) is 15.2. The van der Waals surface area contributed by atoms with Gasteiger partial charge in [-0.2, -0.15) is 4.37 Å². The summed E-state index contributed by atoms with van der Waals surface area (Å²) in [6.07, 6.45) is 5.14. The zero-order valence-electron chi connectivity index (χ0n) is 17.7. The van der Waals surface area contributed by atoms with Crippen LogP contribution in [0.15, 0.2) is 41.8 Å². The molecule has 2 N–H and O–H groups in total. The summed E-state index contributed by atoms with van der Waals surface area (Å²) in [5.41, 5.74) is 0.612. The molecule has 1 fully saturated rings. The van der Waals surface area contributed by atoms with Gasteiger partial charge in [0.25, 0.3) is 5.91 Å². The van der Waals surface area contributed by atoms with Crippen LogP contribution in [0.3, 0.4) is 0 Å². The highest BCUT2D eigenvalue weighted by Gasteiger charge is 2.35. The van der Waals surface area contributed by atoms with Gasteiger partial charge in [-0.15, -0.1) is 11.3 Å². The van der Waals surface area contributed by atoms with Crippen LogP contribution < -0.4 is 5.32 Å². The third-order valence-corrected chi connectivity index (χ3v) is 8.16. The number of hydrogen-bond donors (Lipinski definition) is 2. The maximum atomic E-state index is 13.7. The first kappa shape index (κ1) is 24.0. The molecule has 2 heterocycles. The van der Waals surface area contributed by atoms with E-state index in [-0.39, 0.29) is 39.3 Å². The second kappa shape index (κ2) is 10.9. The van der Waals surface area contributed by atoms with E-state index >= 15 is 0 Å². The van der Waals surface area contributed by atoms with E-state index in [1.807, 2.05) is 17.5 Å². The Balaban J connectivity index is 1.73. The molecule has 0 spiro atoms. The number of nitrogens with one attached hydrogen (secondary N) is 1. The maximum absolute atomic E-state index is 13.7. The van der Waals surface area contributed by atoms with Gasteiger partial charge in [0.1, 0.15) is 21.2 Å². The smallest absolute Gasteiger partial charge is 0.276 e. The van der Waals surface area contributed by atoms with E-state index in [4.69, 9.17) is 23.2 Å². The molecule has 1 aliphatic carbocycles. The molecule has 2 aromatic heterocycles. The van der Waals surface area contributed by atoms with Crippen molar-refractivity contribution < 1.29 is 14.7 Å². The van der Waals surface area contributed by atoms with Crippen molar-refractivity contribution in [1.29, 1.82) is 0 Å². The van der Waals surface area contributed by atoms with Gasteiger partial charge in [0.05, 0.1) is 6.54 Å². The lowest BCUT2D eigenvalue weighted by molar-refractivity contribution is -0.127. The number of nitrogens with zero attached hydrogens (tertiary/aromatic N) is 2. The first-order chi connectivity index (χ1) is 15.9. The fraction of sp³-hybridized carbons (Fsp3) is 0.348. The summed E-state index contributed by atoms with van der Waals surface area (Å²) in [4.78, 5) is 29.7. The van der Waals surface area contributed by atoms with E-state index < -0.39 is 11.9 Å². The zero-order chi connectivity index (χ0) is 23.4. The number of carbonyl (C=O) groups excluding carboxylic acids is 2. The van der Waals surface area contributed by atoms with E-state index in [0.717, 1.165) is 42.1 Å². The van der Waals surface area contributed by atoms with Gasteiger partial charge >= 0.3 is 0 Å². The van der Waals surface area contributed by atoms with Crippen molar-refractivity contribution in [2.75, 3.05) is 0 Å².